The Morgan fingerprint density at radius 1 is 0.958 bits per heavy atom. The number of ether oxygens (including phenoxy) is 2. The molecule has 2 rings (SSSR count). The SMILES string of the molecule is [N-]=[N+]=NC[C@@H](OCc1ccccc1)[C@@H](C=O)OCc1ccccc1. The third kappa shape index (κ3) is 5.85. The van der Waals surface area contributed by atoms with Crippen LogP contribution in [0.15, 0.2) is 65.8 Å². The summed E-state index contributed by atoms with van der Waals surface area (Å²) in [6, 6.07) is 19.1. The molecule has 0 aromatic heterocycles. The fourth-order valence-corrected chi connectivity index (χ4v) is 2.15. The Kier molecular flexibility index (Phi) is 7.50. The minimum Gasteiger partial charge on any atom is -0.370 e. The first-order chi connectivity index (χ1) is 11.8. The number of hydrogen-bond donors (Lipinski definition) is 0. The summed E-state index contributed by atoms with van der Waals surface area (Å²) in [6.45, 7) is 0.624. The molecule has 0 heterocycles. The standard InChI is InChI=1S/C18H19N3O3/c19-21-20-11-17(23-13-15-7-3-1-4-8-15)18(12-22)24-14-16-9-5-2-6-10-16/h1-10,12,17-18H,11,13-14H2/t17-,18-/m1/s1. The molecule has 6 nitrogen and oxygen atoms in total. The Morgan fingerprint density at radius 3 is 2.00 bits per heavy atom. The predicted octanol–water partition coefficient (Wildman–Crippen LogP) is 3.67. The van der Waals surface area contributed by atoms with E-state index in [0.29, 0.717) is 12.9 Å². The molecule has 0 saturated carbocycles. The molecular formula is C18H19N3O3. The Morgan fingerprint density at radius 2 is 1.50 bits per heavy atom. The van der Waals surface area contributed by atoms with Crippen LogP contribution in [-0.4, -0.2) is 25.0 Å². The van der Waals surface area contributed by atoms with E-state index in [0.717, 1.165) is 11.1 Å². The van der Waals surface area contributed by atoms with Crippen LogP contribution in [0.1, 0.15) is 11.1 Å². The highest BCUT2D eigenvalue weighted by Gasteiger charge is 2.22. The van der Waals surface area contributed by atoms with Gasteiger partial charge in [-0.3, -0.25) is 0 Å². The van der Waals surface area contributed by atoms with Crippen molar-refractivity contribution in [1.82, 2.24) is 0 Å². The Labute approximate surface area is 140 Å². The number of hydrogen-bond acceptors (Lipinski definition) is 4. The van der Waals surface area contributed by atoms with Crippen molar-refractivity contribution in [2.24, 2.45) is 5.11 Å². The summed E-state index contributed by atoms with van der Waals surface area (Å²) in [6.07, 6.45) is -0.757. The first kappa shape index (κ1) is 17.7. The maximum Gasteiger partial charge on any atom is 0.151 e. The minimum absolute atomic E-state index is 0.0293. The van der Waals surface area contributed by atoms with Gasteiger partial charge in [0.1, 0.15) is 6.10 Å². The molecule has 0 aliphatic heterocycles. The van der Waals surface area contributed by atoms with Gasteiger partial charge in [0.05, 0.1) is 25.9 Å². The Balaban J connectivity index is 1.97. The van der Waals surface area contributed by atoms with Crippen LogP contribution in [0.4, 0.5) is 0 Å². The summed E-state index contributed by atoms with van der Waals surface area (Å²) in [7, 11) is 0. The third-order valence-corrected chi connectivity index (χ3v) is 3.42. The van der Waals surface area contributed by atoms with Crippen LogP contribution in [-0.2, 0) is 27.5 Å². The van der Waals surface area contributed by atoms with Crippen LogP contribution in [0.3, 0.4) is 0 Å². The average molecular weight is 325 g/mol. The van der Waals surface area contributed by atoms with Gasteiger partial charge in [0.2, 0.25) is 0 Å². The van der Waals surface area contributed by atoms with Gasteiger partial charge in [-0.05, 0) is 16.7 Å². The minimum atomic E-state index is -0.806. The molecule has 0 N–H and O–H groups in total. The summed E-state index contributed by atoms with van der Waals surface area (Å²) < 4.78 is 11.4. The molecule has 0 bridgehead atoms. The molecule has 124 valence electrons. The number of rotatable bonds is 10. The summed E-state index contributed by atoms with van der Waals surface area (Å²) in [5.41, 5.74) is 10.5. The predicted molar refractivity (Wildman–Crippen MR) is 90.1 cm³/mol. The maximum absolute atomic E-state index is 11.4. The van der Waals surface area contributed by atoms with Gasteiger partial charge in [0.15, 0.2) is 6.29 Å². The van der Waals surface area contributed by atoms with Gasteiger partial charge in [-0.25, -0.2) is 0 Å². The van der Waals surface area contributed by atoms with E-state index in [1.165, 1.54) is 0 Å². The maximum atomic E-state index is 11.4. The van der Waals surface area contributed by atoms with Gasteiger partial charge in [-0.2, -0.15) is 0 Å². The lowest BCUT2D eigenvalue weighted by atomic mass is 10.2. The lowest BCUT2D eigenvalue weighted by Gasteiger charge is -2.22. The fourth-order valence-electron chi connectivity index (χ4n) is 2.15. The number of carbonyl (C=O) groups excluding carboxylic acids is 1. The quantitative estimate of drug-likeness (QED) is 0.289. The topological polar surface area (TPSA) is 84.3 Å². The summed E-state index contributed by atoms with van der Waals surface area (Å²) >= 11 is 0. The van der Waals surface area contributed by atoms with Crippen LogP contribution >= 0.6 is 0 Å². The second kappa shape index (κ2) is 10.2. The van der Waals surface area contributed by atoms with Crippen molar-refractivity contribution in [3.63, 3.8) is 0 Å². The van der Waals surface area contributed by atoms with Gasteiger partial charge in [-0.15, -0.1) is 0 Å². The van der Waals surface area contributed by atoms with Crippen molar-refractivity contribution in [3.05, 3.63) is 82.2 Å². The van der Waals surface area contributed by atoms with E-state index in [1.54, 1.807) is 0 Å². The second-order valence-electron chi connectivity index (χ2n) is 5.15. The molecule has 0 saturated heterocycles. The third-order valence-electron chi connectivity index (χ3n) is 3.42. The Hall–Kier alpha value is -2.66. The van der Waals surface area contributed by atoms with Crippen LogP contribution in [0, 0.1) is 0 Å². The number of benzene rings is 2. The van der Waals surface area contributed by atoms with Gasteiger partial charge < -0.3 is 14.3 Å². The first-order valence-corrected chi connectivity index (χ1v) is 7.60. The van der Waals surface area contributed by atoms with Crippen molar-refractivity contribution < 1.29 is 14.3 Å². The smallest absolute Gasteiger partial charge is 0.151 e. The van der Waals surface area contributed by atoms with Crippen LogP contribution in [0.5, 0.6) is 0 Å². The highest BCUT2D eigenvalue weighted by molar-refractivity contribution is 5.57. The molecule has 0 amide bonds. The van der Waals surface area contributed by atoms with Crippen LogP contribution in [0.25, 0.3) is 10.4 Å². The van der Waals surface area contributed by atoms with Crippen LogP contribution < -0.4 is 0 Å². The van der Waals surface area contributed by atoms with Gasteiger partial charge in [-0.1, -0.05) is 65.8 Å². The van der Waals surface area contributed by atoms with Crippen molar-refractivity contribution >= 4 is 6.29 Å². The van der Waals surface area contributed by atoms with E-state index >= 15 is 0 Å². The zero-order valence-corrected chi connectivity index (χ0v) is 13.2. The van der Waals surface area contributed by atoms with Crippen molar-refractivity contribution in [2.75, 3.05) is 6.54 Å². The average Bonchev–Trinajstić information content (AvgIpc) is 2.65. The molecule has 0 unspecified atom stereocenters. The molecule has 2 aromatic rings. The summed E-state index contributed by atoms with van der Waals surface area (Å²) in [5, 5.41) is 3.52. The Bertz CT molecular complexity index is 658. The number of aldehydes is 1. The molecule has 0 fully saturated rings. The molecule has 0 radical (unpaired) electrons. The zero-order chi connectivity index (χ0) is 17.0. The van der Waals surface area contributed by atoms with E-state index < -0.39 is 12.2 Å². The molecule has 2 aromatic carbocycles. The number of nitrogens with zero attached hydrogens (tertiary/aromatic N) is 3. The fraction of sp³-hybridized carbons (Fsp3) is 0.278. The highest BCUT2D eigenvalue weighted by Crippen LogP contribution is 2.11. The summed E-state index contributed by atoms with van der Waals surface area (Å²) in [5.74, 6) is 0. The van der Waals surface area contributed by atoms with E-state index in [9.17, 15) is 4.79 Å². The van der Waals surface area contributed by atoms with Crippen LogP contribution in [0.2, 0.25) is 0 Å². The highest BCUT2D eigenvalue weighted by atomic mass is 16.5. The monoisotopic (exact) mass is 325 g/mol. The van der Waals surface area contributed by atoms with Crippen molar-refractivity contribution in [2.45, 2.75) is 25.4 Å². The second-order valence-corrected chi connectivity index (χ2v) is 5.15. The van der Waals surface area contributed by atoms with Crippen molar-refractivity contribution in [3.8, 4) is 0 Å². The van der Waals surface area contributed by atoms with E-state index in [-0.39, 0.29) is 13.2 Å². The van der Waals surface area contributed by atoms with Gasteiger partial charge in [0, 0.05) is 4.91 Å². The molecule has 0 aliphatic rings. The summed E-state index contributed by atoms with van der Waals surface area (Å²) in [4.78, 5) is 14.1. The van der Waals surface area contributed by atoms with Crippen molar-refractivity contribution in [1.29, 1.82) is 0 Å². The number of azide groups is 1. The van der Waals surface area contributed by atoms with Gasteiger partial charge in [0.25, 0.3) is 0 Å². The van der Waals surface area contributed by atoms with E-state index in [4.69, 9.17) is 15.0 Å². The lowest BCUT2D eigenvalue weighted by molar-refractivity contribution is -0.132. The number of carbonyl (C=O) groups is 1. The molecule has 0 spiro atoms. The lowest BCUT2D eigenvalue weighted by Crippen LogP contribution is -2.35. The molecule has 6 heteroatoms. The normalized spacial score (nSPS) is 12.8. The first-order valence-electron chi connectivity index (χ1n) is 7.60. The largest absolute Gasteiger partial charge is 0.370 e. The zero-order valence-electron chi connectivity index (χ0n) is 13.2. The molecular weight excluding hydrogens is 306 g/mol. The molecule has 0 aliphatic carbocycles. The molecule has 24 heavy (non-hydrogen) atoms. The van der Waals surface area contributed by atoms with Gasteiger partial charge >= 0.3 is 0 Å². The van der Waals surface area contributed by atoms with E-state index in [1.807, 2.05) is 60.7 Å². The van der Waals surface area contributed by atoms with E-state index in [2.05, 4.69) is 10.0 Å². The molecule has 2 atom stereocenters.